The normalized spacial score (nSPS) is 10.7. The predicted molar refractivity (Wildman–Crippen MR) is 145 cm³/mol. The number of hydrogen-bond acceptors (Lipinski definition) is 5. The summed E-state index contributed by atoms with van der Waals surface area (Å²) in [5.41, 5.74) is 1.80. The van der Waals surface area contributed by atoms with E-state index in [1.165, 1.54) is 18.2 Å². The third-order valence-electron chi connectivity index (χ3n) is 5.92. The molecular weight excluding hydrogens is 499 g/mol. The fraction of sp³-hybridized carbons (Fsp3) is 0.0645. The first kappa shape index (κ1) is 25.4. The lowest BCUT2D eigenvalue weighted by atomic mass is 10.1. The summed E-state index contributed by atoms with van der Waals surface area (Å²) in [6, 6.07) is 27.2. The quantitative estimate of drug-likeness (QED) is 0.226. The number of aromatic carboxylic acids is 1. The smallest absolute Gasteiger partial charge is 0.337 e. The molecule has 0 aliphatic carbocycles. The van der Waals surface area contributed by atoms with Crippen LogP contribution in [0.5, 0.6) is 17.4 Å². The Morgan fingerprint density at radius 1 is 0.821 bits per heavy atom. The van der Waals surface area contributed by atoms with Crippen LogP contribution in [0.15, 0.2) is 103 Å². The van der Waals surface area contributed by atoms with Crippen molar-refractivity contribution in [3.8, 4) is 17.4 Å². The van der Waals surface area contributed by atoms with Crippen molar-refractivity contribution >= 4 is 28.3 Å². The summed E-state index contributed by atoms with van der Waals surface area (Å²) in [5, 5.41) is 13.8. The van der Waals surface area contributed by atoms with Crippen molar-refractivity contribution in [1.82, 2.24) is 4.98 Å². The summed E-state index contributed by atoms with van der Waals surface area (Å²) in [6.45, 7) is 0.339. The van der Waals surface area contributed by atoms with Crippen LogP contribution in [0.3, 0.4) is 0 Å². The van der Waals surface area contributed by atoms with Gasteiger partial charge in [-0.25, -0.2) is 14.2 Å². The van der Waals surface area contributed by atoms with Crippen LogP contribution in [0.4, 0.5) is 10.1 Å². The standard InChI is InChI=1S/C31H23FN2O5/c32-24-10-5-20(6-11-24)19-38-25-12-8-23-17-26(13-9-22(23)16-25)39-30-14-7-21(18-33-30)15-29(35)34-28-4-2-1-3-27(28)31(36)37/h1-14,16-18H,15,19H2,(H,34,35)(H,36,37). The molecule has 0 atom stereocenters. The minimum absolute atomic E-state index is 0.0249. The summed E-state index contributed by atoms with van der Waals surface area (Å²) in [4.78, 5) is 28.0. The molecule has 194 valence electrons. The number of carboxylic acids is 1. The first-order valence-corrected chi connectivity index (χ1v) is 12.1. The Labute approximate surface area is 223 Å². The number of ether oxygens (including phenoxy) is 2. The van der Waals surface area contributed by atoms with Crippen molar-refractivity contribution in [3.63, 3.8) is 0 Å². The minimum Gasteiger partial charge on any atom is -0.489 e. The second-order valence-corrected chi connectivity index (χ2v) is 8.77. The molecule has 1 amide bonds. The topological polar surface area (TPSA) is 97.8 Å². The van der Waals surface area contributed by atoms with Crippen LogP contribution in [-0.4, -0.2) is 22.0 Å². The third-order valence-corrected chi connectivity index (χ3v) is 5.92. The number of anilines is 1. The number of nitrogens with one attached hydrogen (secondary N) is 1. The van der Waals surface area contributed by atoms with Gasteiger partial charge in [-0.3, -0.25) is 4.79 Å². The highest BCUT2D eigenvalue weighted by Gasteiger charge is 2.12. The van der Waals surface area contributed by atoms with E-state index < -0.39 is 5.97 Å². The van der Waals surface area contributed by atoms with E-state index in [1.54, 1.807) is 48.7 Å². The van der Waals surface area contributed by atoms with Crippen molar-refractivity contribution in [2.24, 2.45) is 0 Å². The second kappa shape index (κ2) is 11.4. The number of pyridine rings is 1. The molecule has 1 heterocycles. The molecule has 5 rings (SSSR count). The molecule has 0 bridgehead atoms. The van der Waals surface area contributed by atoms with Gasteiger partial charge in [0.25, 0.3) is 0 Å². The maximum Gasteiger partial charge on any atom is 0.337 e. The monoisotopic (exact) mass is 522 g/mol. The summed E-state index contributed by atoms with van der Waals surface area (Å²) >= 11 is 0. The Morgan fingerprint density at radius 2 is 1.51 bits per heavy atom. The fourth-order valence-corrected chi connectivity index (χ4v) is 3.96. The molecule has 7 nitrogen and oxygen atoms in total. The second-order valence-electron chi connectivity index (χ2n) is 8.77. The number of carbonyl (C=O) groups excluding carboxylic acids is 1. The van der Waals surface area contributed by atoms with Crippen LogP contribution in [0.1, 0.15) is 21.5 Å². The van der Waals surface area contributed by atoms with Crippen molar-refractivity contribution in [3.05, 3.63) is 126 Å². The molecule has 5 aromatic rings. The van der Waals surface area contributed by atoms with E-state index in [1.807, 2.05) is 36.4 Å². The highest BCUT2D eigenvalue weighted by atomic mass is 19.1. The van der Waals surface area contributed by atoms with Crippen LogP contribution in [0.25, 0.3) is 10.8 Å². The van der Waals surface area contributed by atoms with Gasteiger partial charge in [0.05, 0.1) is 17.7 Å². The van der Waals surface area contributed by atoms with Gasteiger partial charge in [-0.15, -0.1) is 0 Å². The average Bonchev–Trinajstić information content (AvgIpc) is 2.94. The molecule has 0 saturated carbocycles. The third kappa shape index (κ3) is 6.56. The summed E-state index contributed by atoms with van der Waals surface area (Å²) in [6.07, 6.45) is 1.58. The van der Waals surface area contributed by atoms with E-state index in [2.05, 4.69) is 10.3 Å². The van der Waals surface area contributed by atoms with E-state index in [4.69, 9.17) is 9.47 Å². The van der Waals surface area contributed by atoms with Crippen LogP contribution in [0, 0.1) is 5.82 Å². The number of carbonyl (C=O) groups is 2. The molecule has 0 unspecified atom stereocenters. The summed E-state index contributed by atoms with van der Waals surface area (Å²) in [5.74, 6) is -0.0708. The van der Waals surface area contributed by atoms with E-state index in [0.29, 0.717) is 29.5 Å². The molecular formula is C31H23FN2O5. The minimum atomic E-state index is -1.11. The average molecular weight is 523 g/mol. The highest BCUT2D eigenvalue weighted by molar-refractivity contribution is 6.01. The van der Waals surface area contributed by atoms with Gasteiger partial charge in [-0.05, 0) is 70.4 Å². The molecule has 0 saturated heterocycles. The van der Waals surface area contributed by atoms with Gasteiger partial charge in [-0.1, -0.05) is 42.5 Å². The van der Waals surface area contributed by atoms with Crippen molar-refractivity contribution in [1.29, 1.82) is 0 Å². The van der Waals surface area contributed by atoms with Crippen molar-refractivity contribution in [2.45, 2.75) is 13.0 Å². The number of nitrogens with zero attached hydrogens (tertiary/aromatic N) is 1. The lowest BCUT2D eigenvalue weighted by Crippen LogP contribution is -2.16. The van der Waals surface area contributed by atoms with E-state index >= 15 is 0 Å². The van der Waals surface area contributed by atoms with Crippen molar-refractivity contribution in [2.75, 3.05) is 5.32 Å². The maximum atomic E-state index is 13.1. The van der Waals surface area contributed by atoms with Gasteiger partial charge in [-0.2, -0.15) is 0 Å². The van der Waals surface area contributed by atoms with Gasteiger partial charge in [0.1, 0.15) is 23.9 Å². The van der Waals surface area contributed by atoms with Gasteiger partial charge in [0.2, 0.25) is 11.8 Å². The Hall–Kier alpha value is -5.24. The molecule has 8 heteroatoms. The summed E-state index contributed by atoms with van der Waals surface area (Å²) < 4.78 is 24.8. The van der Waals surface area contributed by atoms with E-state index in [0.717, 1.165) is 16.3 Å². The number of carboxylic acid groups (broad SMARTS) is 1. The largest absolute Gasteiger partial charge is 0.489 e. The zero-order valence-electron chi connectivity index (χ0n) is 20.6. The Bertz CT molecular complexity index is 1640. The number of rotatable bonds is 9. The Kier molecular flexibility index (Phi) is 7.45. The van der Waals surface area contributed by atoms with Crippen LogP contribution in [0.2, 0.25) is 0 Å². The lowest BCUT2D eigenvalue weighted by Gasteiger charge is -2.10. The number of aromatic nitrogens is 1. The predicted octanol–water partition coefficient (Wildman–Crippen LogP) is 6.62. The number of fused-ring (bicyclic) bond motifs is 1. The first-order chi connectivity index (χ1) is 18.9. The zero-order chi connectivity index (χ0) is 27.2. The van der Waals surface area contributed by atoms with Crippen LogP contribution >= 0.6 is 0 Å². The lowest BCUT2D eigenvalue weighted by molar-refractivity contribution is -0.115. The Balaban J connectivity index is 1.18. The number of amides is 1. The zero-order valence-corrected chi connectivity index (χ0v) is 20.6. The maximum absolute atomic E-state index is 13.1. The van der Waals surface area contributed by atoms with Crippen LogP contribution in [-0.2, 0) is 17.8 Å². The molecule has 0 aliphatic heterocycles. The number of halogens is 1. The number of hydrogen-bond donors (Lipinski definition) is 2. The van der Waals surface area contributed by atoms with Gasteiger partial charge in [0.15, 0.2) is 0 Å². The SMILES string of the molecule is O=C(Cc1ccc(Oc2ccc3cc(OCc4ccc(F)cc4)ccc3c2)nc1)Nc1ccccc1C(=O)O. The fourth-order valence-electron chi connectivity index (χ4n) is 3.96. The molecule has 39 heavy (non-hydrogen) atoms. The highest BCUT2D eigenvalue weighted by Crippen LogP contribution is 2.28. The van der Waals surface area contributed by atoms with Gasteiger partial charge >= 0.3 is 5.97 Å². The molecule has 0 fully saturated rings. The van der Waals surface area contributed by atoms with E-state index in [-0.39, 0.29) is 29.4 Å². The molecule has 1 aromatic heterocycles. The molecule has 0 radical (unpaired) electrons. The first-order valence-electron chi connectivity index (χ1n) is 12.1. The summed E-state index contributed by atoms with van der Waals surface area (Å²) in [7, 11) is 0. The van der Waals surface area contributed by atoms with Crippen molar-refractivity contribution < 1.29 is 28.6 Å². The number of benzene rings is 4. The molecule has 2 N–H and O–H groups in total. The molecule has 0 spiro atoms. The van der Waals surface area contributed by atoms with Crippen LogP contribution < -0.4 is 14.8 Å². The molecule has 4 aromatic carbocycles. The molecule has 0 aliphatic rings. The van der Waals surface area contributed by atoms with Gasteiger partial charge in [0, 0.05) is 12.3 Å². The number of para-hydroxylation sites is 1. The van der Waals surface area contributed by atoms with Gasteiger partial charge < -0.3 is 19.9 Å². The van der Waals surface area contributed by atoms with E-state index in [9.17, 15) is 19.1 Å². The Morgan fingerprint density at radius 3 is 2.23 bits per heavy atom.